The number of hydrogen-bond acceptors (Lipinski definition) is 2. The summed E-state index contributed by atoms with van der Waals surface area (Å²) in [4.78, 5) is 17.1. The van der Waals surface area contributed by atoms with Crippen molar-refractivity contribution in [1.82, 2.24) is 4.98 Å². The Morgan fingerprint density at radius 2 is 1.90 bits per heavy atom. The average Bonchev–Trinajstić information content (AvgIpc) is 2.48. The van der Waals surface area contributed by atoms with Gasteiger partial charge in [0.15, 0.2) is 5.78 Å². The van der Waals surface area contributed by atoms with Crippen molar-refractivity contribution in [2.24, 2.45) is 0 Å². The standard InChI is InChI=1S/C16H9BrINO/c17-14-7-6-10(18)9-13(14)16(20)12-3-1-5-15-11(12)4-2-8-19-15/h1-9H. The summed E-state index contributed by atoms with van der Waals surface area (Å²) >= 11 is 5.66. The molecule has 0 N–H and O–H groups in total. The van der Waals surface area contributed by atoms with Gasteiger partial charge in [0, 0.05) is 30.8 Å². The Morgan fingerprint density at radius 1 is 1.05 bits per heavy atom. The third-order valence-corrected chi connectivity index (χ3v) is 4.43. The van der Waals surface area contributed by atoms with E-state index in [1.54, 1.807) is 6.20 Å². The second-order valence-corrected chi connectivity index (χ2v) is 6.43. The molecular weight excluding hydrogens is 429 g/mol. The first-order valence-electron chi connectivity index (χ1n) is 6.00. The number of pyridine rings is 1. The monoisotopic (exact) mass is 437 g/mol. The highest BCUT2D eigenvalue weighted by molar-refractivity contribution is 14.1. The van der Waals surface area contributed by atoms with Gasteiger partial charge in [-0.1, -0.05) is 34.1 Å². The van der Waals surface area contributed by atoms with Crippen molar-refractivity contribution in [2.45, 2.75) is 0 Å². The number of benzene rings is 2. The van der Waals surface area contributed by atoms with Crippen molar-refractivity contribution in [2.75, 3.05) is 0 Å². The van der Waals surface area contributed by atoms with E-state index in [0.29, 0.717) is 11.1 Å². The van der Waals surface area contributed by atoms with E-state index in [1.165, 1.54) is 0 Å². The molecule has 0 unspecified atom stereocenters. The lowest BCUT2D eigenvalue weighted by Crippen LogP contribution is -2.04. The highest BCUT2D eigenvalue weighted by atomic mass is 127. The molecule has 3 rings (SSSR count). The van der Waals surface area contributed by atoms with Crippen LogP contribution < -0.4 is 0 Å². The van der Waals surface area contributed by atoms with Gasteiger partial charge in [0.25, 0.3) is 0 Å². The molecule has 0 saturated carbocycles. The molecule has 2 aromatic carbocycles. The maximum Gasteiger partial charge on any atom is 0.194 e. The van der Waals surface area contributed by atoms with E-state index in [2.05, 4.69) is 43.5 Å². The molecule has 20 heavy (non-hydrogen) atoms. The molecule has 0 amide bonds. The molecule has 0 radical (unpaired) electrons. The van der Waals surface area contributed by atoms with Crippen LogP contribution in [0.1, 0.15) is 15.9 Å². The van der Waals surface area contributed by atoms with Gasteiger partial charge in [-0.3, -0.25) is 9.78 Å². The summed E-state index contributed by atoms with van der Waals surface area (Å²) in [7, 11) is 0. The maximum atomic E-state index is 12.8. The van der Waals surface area contributed by atoms with Crippen LogP contribution in [0.2, 0.25) is 0 Å². The molecule has 1 heterocycles. The Kier molecular flexibility index (Phi) is 3.85. The minimum absolute atomic E-state index is 0.00833. The quantitative estimate of drug-likeness (QED) is 0.424. The first-order chi connectivity index (χ1) is 9.66. The maximum absolute atomic E-state index is 12.8. The van der Waals surface area contributed by atoms with Gasteiger partial charge in [0.05, 0.1) is 5.52 Å². The molecule has 0 spiro atoms. The fourth-order valence-corrected chi connectivity index (χ4v) is 3.04. The van der Waals surface area contributed by atoms with Gasteiger partial charge in [-0.2, -0.15) is 0 Å². The molecule has 2 nitrogen and oxygen atoms in total. The molecule has 0 aliphatic heterocycles. The van der Waals surface area contributed by atoms with Gasteiger partial charge in [-0.05, 0) is 52.9 Å². The highest BCUT2D eigenvalue weighted by Gasteiger charge is 2.15. The minimum Gasteiger partial charge on any atom is -0.289 e. The molecule has 0 aliphatic rings. The van der Waals surface area contributed by atoms with Crippen molar-refractivity contribution < 1.29 is 4.79 Å². The summed E-state index contributed by atoms with van der Waals surface area (Å²) in [6.45, 7) is 0. The third kappa shape index (κ3) is 2.50. The number of halogens is 2. The van der Waals surface area contributed by atoms with Crippen LogP contribution >= 0.6 is 38.5 Å². The predicted octanol–water partition coefficient (Wildman–Crippen LogP) is 4.83. The van der Waals surface area contributed by atoms with Crippen LogP contribution in [0.25, 0.3) is 10.9 Å². The zero-order valence-corrected chi connectivity index (χ0v) is 14.1. The van der Waals surface area contributed by atoms with E-state index in [-0.39, 0.29) is 5.78 Å². The zero-order chi connectivity index (χ0) is 14.1. The van der Waals surface area contributed by atoms with Gasteiger partial charge < -0.3 is 0 Å². The Labute approximate surface area is 138 Å². The third-order valence-electron chi connectivity index (χ3n) is 3.06. The van der Waals surface area contributed by atoms with Crippen molar-refractivity contribution in [3.8, 4) is 0 Å². The van der Waals surface area contributed by atoms with E-state index < -0.39 is 0 Å². The lowest BCUT2D eigenvalue weighted by atomic mass is 9.99. The molecule has 0 bridgehead atoms. The number of carbonyl (C=O) groups excluding carboxylic acids is 1. The topological polar surface area (TPSA) is 30.0 Å². The molecular formula is C16H9BrINO. The number of carbonyl (C=O) groups is 1. The minimum atomic E-state index is 0.00833. The van der Waals surface area contributed by atoms with Gasteiger partial charge in [-0.25, -0.2) is 0 Å². The zero-order valence-electron chi connectivity index (χ0n) is 10.3. The lowest BCUT2D eigenvalue weighted by Gasteiger charge is -2.07. The van der Waals surface area contributed by atoms with E-state index in [0.717, 1.165) is 18.9 Å². The second kappa shape index (κ2) is 5.61. The Bertz CT molecular complexity index is 811. The smallest absolute Gasteiger partial charge is 0.194 e. The normalized spacial score (nSPS) is 10.7. The van der Waals surface area contributed by atoms with E-state index in [1.807, 2.05) is 48.5 Å². The second-order valence-electron chi connectivity index (χ2n) is 4.33. The summed E-state index contributed by atoms with van der Waals surface area (Å²) in [6.07, 6.45) is 1.73. The Morgan fingerprint density at radius 3 is 2.75 bits per heavy atom. The molecule has 4 heteroatoms. The first-order valence-corrected chi connectivity index (χ1v) is 7.87. The number of rotatable bonds is 2. The Balaban J connectivity index is 2.20. The predicted molar refractivity (Wildman–Crippen MR) is 92.0 cm³/mol. The van der Waals surface area contributed by atoms with Gasteiger partial charge >= 0.3 is 0 Å². The largest absolute Gasteiger partial charge is 0.289 e. The van der Waals surface area contributed by atoms with Crippen LogP contribution in [0.5, 0.6) is 0 Å². The van der Waals surface area contributed by atoms with E-state index in [4.69, 9.17) is 0 Å². The van der Waals surface area contributed by atoms with Crippen molar-refractivity contribution in [3.63, 3.8) is 0 Å². The number of aromatic nitrogens is 1. The van der Waals surface area contributed by atoms with Crippen molar-refractivity contribution in [1.29, 1.82) is 0 Å². The molecule has 3 aromatic rings. The van der Waals surface area contributed by atoms with Gasteiger partial charge in [-0.15, -0.1) is 0 Å². The summed E-state index contributed by atoms with van der Waals surface area (Å²) < 4.78 is 1.84. The Hall–Kier alpha value is -1.27. The SMILES string of the molecule is O=C(c1cc(I)ccc1Br)c1cccc2ncccc12. The van der Waals surface area contributed by atoms with Gasteiger partial charge in [0.2, 0.25) is 0 Å². The molecule has 1 aromatic heterocycles. The fourth-order valence-electron chi connectivity index (χ4n) is 2.12. The summed E-state index contributed by atoms with van der Waals surface area (Å²) in [6, 6.07) is 15.2. The molecule has 0 saturated heterocycles. The van der Waals surface area contributed by atoms with Crippen LogP contribution in [0.3, 0.4) is 0 Å². The van der Waals surface area contributed by atoms with Crippen LogP contribution in [0.4, 0.5) is 0 Å². The van der Waals surface area contributed by atoms with Crippen LogP contribution in [-0.2, 0) is 0 Å². The number of nitrogens with zero attached hydrogens (tertiary/aromatic N) is 1. The van der Waals surface area contributed by atoms with Crippen LogP contribution in [0.15, 0.2) is 59.2 Å². The highest BCUT2D eigenvalue weighted by Crippen LogP contribution is 2.25. The summed E-state index contributed by atoms with van der Waals surface area (Å²) in [5.41, 5.74) is 2.19. The van der Waals surface area contributed by atoms with Crippen molar-refractivity contribution >= 4 is 55.2 Å². The van der Waals surface area contributed by atoms with Crippen molar-refractivity contribution in [3.05, 3.63) is 73.9 Å². The lowest BCUT2D eigenvalue weighted by molar-refractivity contribution is 0.103. The van der Waals surface area contributed by atoms with Gasteiger partial charge in [0.1, 0.15) is 0 Å². The number of ketones is 1. The molecule has 0 atom stereocenters. The molecule has 98 valence electrons. The first kappa shape index (κ1) is 13.7. The van der Waals surface area contributed by atoms with E-state index >= 15 is 0 Å². The van der Waals surface area contributed by atoms with Crippen LogP contribution in [-0.4, -0.2) is 10.8 Å². The molecule has 0 fully saturated rings. The number of hydrogen-bond donors (Lipinski definition) is 0. The summed E-state index contributed by atoms with van der Waals surface area (Å²) in [5.74, 6) is 0.00833. The fraction of sp³-hybridized carbons (Fsp3) is 0. The molecule has 0 aliphatic carbocycles. The van der Waals surface area contributed by atoms with E-state index in [9.17, 15) is 4.79 Å². The average molecular weight is 438 g/mol. The van der Waals surface area contributed by atoms with Crippen LogP contribution in [0, 0.1) is 3.57 Å². The number of fused-ring (bicyclic) bond motifs is 1. The summed E-state index contributed by atoms with van der Waals surface area (Å²) in [5, 5.41) is 0.880.